The van der Waals surface area contributed by atoms with E-state index >= 15 is 0 Å². The Labute approximate surface area is 218 Å². The zero-order chi connectivity index (χ0) is 24.8. The van der Waals surface area contributed by atoms with Crippen LogP contribution in [0.25, 0.3) is 0 Å². The fourth-order valence-electron chi connectivity index (χ4n) is 7.54. The lowest BCUT2D eigenvalue weighted by atomic mass is 9.56. The second-order valence-corrected chi connectivity index (χ2v) is 12.3. The van der Waals surface area contributed by atoms with Gasteiger partial charge in [0, 0.05) is 5.41 Å². The first-order valence-corrected chi connectivity index (χ1v) is 15.7. The predicted octanol–water partition coefficient (Wildman–Crippen LogP) is 10.9. The van der Waals surface area contributed by atoms with Crippen LogP contribution in [0.1, 0.15) is 160 Å². The molecule has 1 aromatic carbocycles. The molecule has 1 atom stereocenters. The van der Waals surface area contributed by atoms with Gasteiger partial charge >= 0.3 is 0 Å². The van der Waals surface area contributed by atoms with E-state index < -0.39 is 0 Å². The summed E-state index contributed by atoms with van der Waals surface area (Å²) >= 11 is 0. The molecule has 0 aliphatic heterocycles. The van der Waals surface area contributed by atoms with Crippen molar-refractivity contribution in [1.29, 1.82) is 5.26 Å². The zero-order valence-electron chi connectivity index (χ0n) is 23.4. The van der Waals surface area contributed by atoms with Gasteiger partial charge in [-0.1, -0.05) is 128 Å². The molecule has 0 spiro atoms. The van der Waals surface area contributed by atoms with Gasteiger partial charge in [0.25, 0.3) is 0 Å². The third-order valence-electron chi connectivity index (χ3n) is 9.78. The van der Waals surface area contributed by atoms with Gasteiger partial charge in [-0.25, -0.2) is 0 Å². The van der Waals surface area contributed by atoms with E-state index in [4.69, 9.17) is 0 Å². The number of nitrogens with zero attached hydrogens (tertiary/aromatic N) is 1. The van der Waals surface area contributed by atoms with Crippen molar-refractivity contribution in [2.24, 2.45) is 11.3 Å². The number of rotatable bonds is 15. The van der Waals surface area contributed by atoms with Crippen LogP contribution in [-0.2, 0) is 11.8 Å². The second kappa shape index (κ2) is 15.1. The molecule has 1 aromatic rings. The summed E-state index contributed by atoms with van der Waals surface area (Å²) in [4.78, 5) is 0. The minimum atomic E-state index is 0.0842. The van der Waals surface area contributed by atoms with E-state index in [1.54, 1.807) is 0 Å². The molecule has 1 unspecified atom stereocenters. The highest BCUT2D eigenvalue weighted by atomic mass is 14.5. The Morgan fingerprint density at radius 2 is 1.29 bits per heavy atom. The highest BCUT2D eigenvalue weighted by Crippen LogP contribution is 2.53. The van der Waals surface area contributed by atoms with Crippen LogP contribution in [0, 0.1) is 22.7 Å². The van der Waals surface area contributed by atoms with E-state index in [1.165, 1.54) is 146 Å². The first kappa shape index (κ1) is 28.3. The Morgan fingerprint density at radius 1 is 0.714 bits per heavy atom. The average molecular weight is 478 g/mol. The maximum Gasteiger partial charge on any atom is 0.0665 e. The van der Waals surface area contributed by atoms with Gasteiger partial charge in [0.05, 0.1) is 12.0 Å². The van der Waals surface area contributed by atoms with Crippen LogP contribution in [0.15, 0.2) is 24.3 Å². The van der Waals surface area contributed by atoms with Crippen molar-refractivity contribution in [3.63, 3.8) is 0 Å². The summed E-state index contributed by atoms with van der Waals surface area (Å²) < 4.78 is 0. The first-order chi connectivity index (χ1) is 17.2. The molecule has 196 valence electrons. The van der Waals surface area contributed by atoms with Gasteiger partial charge in [0.1, 0.15) is 0 Å². The second-order valence-electron chi connectivity index (χ2n) is 12.3. The monoisotopic (exact) mass is 477 g/mol. The largest absolute Gasteiger partial charge is 0.198 e. The standard InChI is InChI=1S/C34H55N/c1-3-5-7-8-9-12-18-30-19-21-31(22-20-30)34(26-16-11-17-27-34)32(29-35)28-33(23-13-6-4-2)24-14-10-15-25-33/h19-22,32H,3-18,23-28H2,1-2H3. The summed E-state index contributed by atoms with van der Waals surface area (Å²) in [7, 11) is 0. The lowest BCUT2D eigenvalue weighted by Crippen LogP contribution is -2.40. The molecular weight excluding hydrogens is 422 g/mol. The van der Waals surface area contributed by atoms with Crippen LogP contribution in [0.3, 0.4) is 0 Å². The van der Waals surface area contributed by atoms with Gasteiger partial charge in [-0.2, -0.15) is 5.26 Å². The van der Waals surface area contributed by atoms with E-state index in [-0.39, 0.29) is 11.3 Å². The normalized spacial score (nSPS) is 20.3. The number of aryl methyl sites for hydroxylation is 1. The summed E-state index contributed by atoms with van der Waals surface area (Å²) in [6.45, 7) is 4.61. The number of hydrogen-bond acceptors (Lipinski definition) is 1. The van der Waals surface area contributed by atoms with Crippen molar-refractivity contribution in [2.75, 3.05) is 0 Å². The SMILES string of the molecule is CCCCCCCCc1ccc(C2(C(C#N)CC3(CCCCC)CCCCC3)CCCCC2)cc1. The Hall–Kier alpha value is -1.29. The first-order valence-electron chi connectivity index (χ1n) is 15.7. The molecule has 1 heteroatoms. The Morgan fingerprint density at radius 3 is 1.91 bits per heavy atom. The van der Waals surface area contributed by atoms with Crippen molar-refractivity contribution < 1.29 is 0 Å². The molecule has 0 radical (unpaired) electrons. The summed E-state index contributed by atoms with van der Waals surface area (Å²) in [5.41, 5.74) is 3.48. The average Bonchev–Trinajstić information content (AvgIpc) is 2.91. The minimum Gasteiger partial charge on any atom is -0.198 e. The van der Waals surface area contributed by atoms with Gasteiger partial charge in [-0.15, -0.1) is 0 Å². The quantitative estimate of drug-likeness (QED) is 0.230. The summed E-state index contributed by atoms with van der Waals surface area (Å²) in [5.74, 6) is 0.173. The molecule has 35 heavy (non-hydrogen) atoms. The summed E-state index contributed by atoms with van der Waals surface area (Å²) in [6, 6.07) is 12.6. The zero-order valence-corrected chi connectivity index (χ0v) is 23.4. The molecule has 0 saturated heterocycles. The molecule has 2 saturated carbocycles. The summed E-state index contributed by atoms with van der Waals surface area (Å²) in [6.07, 6.45) is 29.1. The maximum absolute atomic E-state index is 10.6. The minimum absolute atomic E-state index is 0.0842. The van der Waals surface area contributed by atoms with Crippen LogP contribution in [0.2, 0.25) is 0 Å². The van der Waals surface area contributed by atoms with Crippen LogP contribution in [0.5, 0.6) is 0 Å². The third kappa shape index (κ3) is 8.10. The van der Waals surface area contributed by atoms with Crippen LogP contribution >= 0.6 is 0 Å². The number of unbranched alkanes of at least 4 members (excludes halogenated alkanes) is 7. The van der Waals surface area contributed by atoms with Gasteiger partial charge in [-0.05, 0) is 67.9 Å². The number of benzene rings is 1. The highest BCUT2D eigenvalue weighted by molar-refractivity contribution is 5.33. The molecule has 3 rings (SSSR count). The number of nitriles is 1. The van der Waals surface area contributed by atoms with Gasteiger partial charge in [0.2, 0.25) is 0 Å². The molecule has 1 nitrogen and oxygen atoms in total. The molecule has 0 bridgehead atoms. The summed E-state index contributed by atoms with van der Waals surface area (Å²) in [5, 5.41) is 10.6. The van der Waals surface area contributed by atoms with Crippen molar-refractivity contribution >= 4 is 0 Å². The van der Waals surface area contributed by atoms with Crippen molar-refractivity contribution in [3.05, 3.63) is 35.4 Å². The smallest absolute Gasteiger partial charge is 0.0665 e. The lowest BCUT2D eigenvalue weighted by molar-refractivity contribution is 0.0968. The van der Waals surface area contributed by atoms with E-state index in [0.29, 0.717) is 5.41 Å². The molecular formula is C34H55N. The fourth-order valence-corrected chi connectivity index (χ4v) is 7.54. The van der Waals surface area contributed by atoms with Crippen LogP contribution < -0.4 is 0 Å². The molecule has 2 aliphatic carbocycles. The maximum atomic E-state index is 10.6. The lowest BCUT2D eigenvalue weighted by Gasteiger charge is -2.47. The van der Waals surface area contributed by atoms with Crippen molar-refractivity contribution in [1.82, 2.24) is 0 Å². The Balaban J connectivity index is 1.72. The van der Waals surface area contributed by atoms with Gasteiger partial charge in [0.15, 0.2) is 0 Å². The number of hydrogen-bond donors (Lipinski definition) is 0. The molecule has 0 amide bonds. The van der Waals surface area contributed by atoms with Crippen molar-refractivity contribution in [2.45, 2.75) is 161 Å². The van der Waals surface area contributed by atoms with Crippen LogP contribution in [0.4, 0.5) is 0 Å². The third-order valence-corrected chi connectivity index (χ3v) is 9.78. The van der Waals surface area contributed by atoms with Gasteiger partial charge in [-0.3, -0.25) is 0 Å². The van der Waals surface area contributed by atoms with Crippen molar-refractivity contribution in [3.8, 4) is 6.07 Å². The van der Waals surface area contributed by atoms with E-state index in [9.17, 15) is 5.26 Å². The van der Waals surface area contributed by atoms with Crippen LogP contribution in [-0.4, -0.2) is 0 Å². The predicted molar refractivity (Wildman–Crippen MR) is 152 cm³/mol. The van der Waals surface area contributed by atoms with E-state index in [1.807, 2.05) is 0 Å². The Bertz CT molecular complexity index is 727. The molecule has 0 aromatic heterocycles. The molecule has 2 aliphatic rings. The fraction of sp³-hybridized carbons (Fsp3) is 0.794. The van der Waals surface area contributed by atoms with E-state index in [0.717, 1.165) is 6.42 Å². The van der Waals surface area contributed by atoms with Gasteiger partial charge < -0.3 is 0 Å². The molecule has 0 N–H and O–H groups in total. The topological polar surface area (TPSA) is 23.8 Å². The highest BCUT2D eigenvalue weighted by Gasteiger charge is 2.45. The molecule has 0 heterocycles. The van der Waals surface area contributed by atoms with E-state index in [2.05, 4.69) is 44.2 Å². The molecule has 2 fully saturated rings. The Kier molecular flexibility index (Phi) is 12.2.